The smallest absolute Gasteiger partial charge is 0.340 e. The largest absolute Gasteiger partial charge is 0.505 e. The van der Waals surface area contributed by atoms with Crippen LogP contribution in [0.5, 0.6) is 5.75 Å². The Labute approximate surface area is 227 Å². The molecule has 0 atom stereocenters. The van der Waals surface area contributed by atoms with E-state index in [1.807, 2.05) is 37.6 Å². The summed E-state index contributed by atoms with van der Waals surface area (Å²) >= 11 is 0. The van der Waals surface area contributed by atoms with Gasteiger partial charge in [-0.25, -0.2) is 4.79 Å². The fourth-order valence-electron chi connectivity index (χ4n) is 5.46. The van der Waals surface area contributed by atoms with Gasteiger partial charge in [-0.15, -0.1) is 0 Å². The number of carbonyl (C=O) groups excluding carboxylic acids is 2. The third-order valence-electron chi connectivity index (χ3n) is 7.55. The summed E-state index contributed by atoms with van der Waals surface area (Å²) in [5, 5.41) is 21.4. The zero-order valence-corrected chi connectivity index (χ0v) is 23.0. The van der Waals surface area contributed by atoms with E-state index >= 15 is 0 Å². The van der Waals surface area contributed by atoms with E-state index in [-0.39, 0.29) is 24.0 Å². The maximum absolute atomic E-state index is 13.3. The number of aromatic hydroxyl groups is 1. The van der Waals surface area contributed by atoms with Crippen LogP contribution in [0.3, 0.4) is 0 Å². The minimum absolute atomic E-state index is 0.0486. The molecule has 39 heavy (non-hydrogen) atoms. The van der Waals surface area contributed by atoms with Gasteiger partial charge in [0.2, 0.25) is 0 Å². The summed E-state index contributed by atoms with van der Waals surface area (Å²) in [5.74, 6) is -0.778. The summed E-state index contributed by atoms with van der Waals surface area (Å²) in [6.07, 6.45) is 4.42. The molecule has 1 aliphatic heterocycles. The molecule has 2 heterocycles. The Hall–Kier alpha value is -4.40. The molecule has 202 valence electrons. The molecule has 0 radical (unpaired) electrons. The van der Waals surface area contributed by atoms with Crippen molar-refractivity contribution in [3.05, 3.63) is 64.3 Å². The number of aromatic nitrogens is 1. The van der Waals surface area contributed by atoms with Gasteiger partial charge in [-0.2, -0.15) is 15.2 Å². The van der Waals surface area contributed by atoms with E-state index in [1.165, 1.54) is 22.6 Å². The Morgan fingerprint density at radius 1 is 1.13 bits per heavy atom. The highest BCUT2D eigenvalue weighted by Crippen LogP contribution is 2.39. The molecule has 1 aromatic heterocycles. The minimum Gasteiger partial charge on any atom is -0.505 e. The van der Waals surface area contributed by atoms with Crippen molar-refractivity contribution in [1.82, 2.24) is 4.57 Å². The van der Waals surface area contributed by atoms with Crippen molar-refractivity contribution in [3.63, 3.8) is 0 Å². The summed E-state index contributed by atoms with van der Waals surface area (Å²) in [6.45, 7) is 7.46. The molecule has 0 spiro atoms. The first-order chi connectivity index (χ1) is 18.7. The van der Waals surface area contributed by atoms with Crippen LogP contribution in [0, 0.1) is 13.8 Å². The number of phenols is 1. The van der Waals surface area contributed by atoms with Gasteiger partial charge in [0.15, 0.2) is 5.71 Å². The fourth-order valence-corrected chi connectivity index (χ4v) is 5.46. The molecule has 3 aromatic rings. The van der Waals surface area contributed by atoms with E-state index in [4.69, 9.17) is 4.74 Å². The van der Waals surface area contributed by atoms with Crippen LogP contribution in [0.15, 0.2) is 46.6 Å². The number of benzene rings is 2. The standard InChI is InChI=1S/C30H33N5O4/c1-6-39-30(38)25-17(2)27(34(5)19(25)4)23-12-9-13-24(28(23)36)31-32-26-18(3)33-35(29(26)37)22-15-14-20-10-7-8-11-21(20)16-22/h9,12-16,31,36H,6-8,10-11H2,1-5H3/b32-26-. The highest BCUT2D eigenvalue weighted by molar-refractivity contribution is 6.71. The van der Waals surface area contributed by atoms with Crippen molar-refractivity contribution >= 4 is 34.7 Å². The van der Waals surface area contributed by atoms with Crippen LogP contribution in [-0.4, -0.2) is 39.6 Å². The number of para-hydroxylation sites is 1. The third-order valence-corrected chi connectivity index (χ3v) is 7.55. The van der Waals surface area contributed by atoms with Gasteiger partial charge in [-0.05, 0) is 94.3 Å². The number of hydrogen-bond acceptors (Lipinski definition) is 7. The van der Waals surface area contributed by atoms with E-state index in [0.29, 0.717) is 33.8 Å². The lowest BCUT2D eigenvalue weighted by atomic mass is 9.91. The van der Waals surface area contributed by atoms with Crippen molar-refractivity contribution in [2.24, 2.45) is 17.3 Å². The minimum atomic E-state index is -0.396. The van der Waals surface area contributed by atoms with E-state index in [9.17, 15) is 14.7 Å². The van der Waals surface area contributed by atoms with Crippen LogP contribution in [0.1, 0.15) is 59.4 Å². The van der Waals surface area contributed by atoms with Crippen LogP contribution >= 0.6 is 0 Å². The van der Waals surface area contributed by atoms with Crippen molar-refractivity contribution in [2.45, 2.75) is 53.4 Å². The van der Waals surface area contributed by atoms with Crippen LogP contribution in [-0.2, 0) is 29.4 Å². The second-order valence-corrected chi connectivity index (χ2v) is 9.95. The van der Waals surface area contributed by atoms with Crippen molar-refractivity contribution in [3.8, 4) is 17.0 Å². The van der Waals surface area contributed by atoms with Gasteiger partial charge < -0.3 is 14.4 Å². The van der Waals surface area contributed by atoms with Gasteiger partial charge in [-0.3, -0.25) is 10.2 Å². The van der Waals surface area contributed by atoms with Gasteiger partial charge in [-0.1, -0.05) is 12.1 Å². The Morgan fingerprint density at radius 2 is 1.87 bits per heavy atom. The lowest BCUT2D eigenvalue weighted by Gasteiger charge is -2.19. The summed E-state index contributed by atoms with van der Waals surface area (Å²) in [7, 11) is 1.84. The van der Waals surface area contributed by atoms with Crippen molar-refractivity contribution in [2.75, 3.05) is 17.0 Å². The van der Waals surface area contributed by atoms with Gasteiger partial charge >= 0.3 is 11.9 Å². The second kappa shape index (κ2) is 10.4. The topological polar surface area (TPSA) is 109 Å². The number of hydrogen-bond donors (Lipinski definition) is 2. The molecule has 9 heteroatoms. The van der Waals surface area contributed by atoms with E-state index < -0.39 is 5.97 Å². The molecule has 9 nitrogen and oxygen atoms in total. The maximum atomic E-state index is 13.3. The van der Waals surface area contributed by atoms with Gasteiger partial charge in [0.1, 0.15) is 5.75 Å². The first-order valence-electron chi connectivity index (χ1n) is 13.2. The number of hydrazone groups is 2. The number of rotatable bonds is 6. The average molecular weight is 528 g/mol. The Balaban J connectivity index is 1.42. The predicted molar refractivity (Wildman–Crippen MR) is 153 cm³/mol. The van der Waals surface area contributed by atoms with Crippen LogP contribution in [0.2, 0.25) is 0 Å². The molecule has 0 unspecified atom stereocenters. The summed E-state index contributed by atoms with van der Waals surface area (Å²) < 4.78 is 7.10. The van der Waals surface area contributed by atoms with E-state index in [2.05, 4.69) is 21.7 Å². The van der Waals surface area contributed by atoms with E-state index in [1.54, 1.807) is 32.0 Å². The summed E-state index contributed by atoms with van der Waals surface area (Å²) in [6, 6.07) is 11.3. The Bertz CT molecular complexity index is 1550. The number of aryl methyl sites for hydroxylation is 2. The number of nitrogens with zero attached hydrogens (tertiary/aromatic N) is 4. The highest BCUT2D eigenvalue weighted by Gasteiger charge is 2.31. The third kappa shape index (κ3) is 4.58. The van der Waals surface area contributed by atoms with E-state index in [0.717, 1.165) is 30.6 Å². The molecule has 1 amide bonds. The molecule has 0 bridgehead atoms. The number of esters is 1. The predicted octanol–water partition coefficient (Wildman–Crippen LogP) is 5.26. The van der Waals surface area contributed by atoms with Crippen LogP contribution in [0.4, 0.5) is 11.4 Å². The molecule has 0 saturated carbocycles. The van der Waals surface area contributed by atoms with Crippen molar-refractivity contribution < 1.29 is 19.4 Å². The Morgan fingerprint density at radius 3 is 2.62 bits per heavy atom. The Kier molecular flexibility index (Phi) is 6.99. The first-order valence-corrected chi connectivity index (χ1v) is 13.2. The highest BCUT2D eigenvalue weighted by atomic mass is 16.5. The first kappa shape index (κ1) is 26.2. The summed E-state index contributed by atoms with van der Waals surface area (Å²) in [4.78, 5) is 25.8. The second-order valence-electron chi connectivity index (χ2n) is 9.95. The zero-order valence-electron chi connectivity index (χ0n) is 23.0. The lowest BCUT2D eigenvalue weighted by molar-refractivity contribution is -0.112. The SMILES string of the molecule is CCOC(=O)c1c(C)c(-c2cccc(N/N=C3\C(=O)N(c4ccc5c(c4)CCCC5)N=C3C)c2O)n(C)c1C. The molecular formula is C30H33N5O4. The number of nitrogens with one attached hydrogen (secondary N) is 1. The molecule has 2 aromatic carbocycles. The monoisotopic (exact) mass is 527 g/mol. The molecule has 5 rings (SSSR count). The normalized spacial score (nSPS) is 15.9. The molecule has 2 aliphatic rings. The van der Waals surface area contributed by atoms with Gasteiger partial charge in [0.05, 0.1) is 35.0 Å². The fraction of sp³-hybridized carbons (Fsp3) is 0.333. The number of carbonyl (C=O) groups is 2. The van der Waals surface area contributed by atoms with Crippen molar-refractivity contribution in [1.29, 1.82) is 0 Å². The molecule has 0 fully saturated rings. The molecule has 2 N–H and O–H groups in total. The number of anilines is 2. The number of phenolic OH excluding ortho intramolecular Hbond substituents is 1. The average Bonchev–Trinajstić information content (AvgIpc) is 3.33. The lowest BCUT2D eigenvalue weighted by Crippen LogP contribution is -2.28. The maximum Gasteiger partial charge on any atom is 0.340 e. The number of amides is 1. The van der Waals surface area contributed by atoms with Crippen LogP contribution in [0.25, 0.3) is 11.3 Å². The molecular weight excluding hydrogens is 494 g/mol. The quantitative estimate of drug-likeness (QED) is 0.258. The summed E-state index contributed by atoms with van der Waals surface area (Å²) in [5.41, 5.74) is 10.3. The van der Waals surface area contributed by atoms with Crippen LogP contribution < -0.4 is 10.4 Å². The molecule has 0 saturated heterocycles. The number of fused-ring (bicyclic) bond motifs is 1. The van der Waals surface area contributed by atoms with Gasteiger partial charge in [0, 0.05) is 18.3 Å². The van der Waals surface area contributed by atoms with Gasteiger partial charge in [0.25, 0.3) is 0 Å². The zero-order chi connectivity index (χ0) is 27.8. The molecule has 1 aliphatic carbocycles. The number of ether oxygens (including phenoxy) is 1.